The van der Waals surface area contributed by atoms with Crippen molar-refractivity contribution in [3.63, 3.8) is 0 Å². The van der Waals surface area contributed by atoms with Gasteiger partial charge < -0.3 is 4.74 Å². The van der Waals surface area contributed by atoms with Gasteiger partial charge in [0.1, 0.15) is 17.9 Å². The zero-order valence-electron chi connectivity index (χ0n) is 16.2. The Morgan fingerprint density at radius 1 is 1.07 bits per heavy atom. The maximum Gasteiger partial charge on any atom is 0.262 e. The maximum absolute atomic E-state index is 12.5. The molecule has 1 aliphatic rings. The molecule has 1 saturated carbocycles. The summed E-state index contributed by atoms with van der Waals surface area (Å²) in [6.45, 7) is 8.11. The van der Waals surface area contributed by atoms with Crippen LogP contribution in [-0.2, 0) is 15.4 Å². The molecule has 28 heavy (non-hydrogen) atoms. The molecule has 1 fully saturated rings. The summed E-state index contributed by atoms with van der Waals surface area (Å²) < 4.78 is 27.4. The van der Waals surface area contributed by atoms with E-state index in [2.05, 4.69) is 4.72 Å². The van der Waals surface area contributed by atoms with Crippen molar-refractivity contribution >= 4 is 28.6 Å². The van der Waals surface area contributed by atoms with Gasteiger partial charge in [-0.15, -0.1) is 0 Å². The van der Waals surface area contributed by atoms with Crippen LogP contribution in [0.1, 0.15) is 33.3 Å². The van der Waals surface area contributed by atoms with Gasteiger partial charge in [-0.3, -0.25) is 8.91 Å². The van der Waals surface area contributed by atoms with E-state index in [4.69, 9.17) is 25.8 Å². The minimum absolute atomic E-state index is 0.178. The molecule has 1 atom stereocenters. The van der Waals surface area contributed by atoms with Crippen LogP contribution in [0.3, 0.4) is 0 Å². The molecular formula is C21H23ClN2O3S. The highest BCUT2D eigenvalue weighted by Gasteiger charge is 2.65. The van der Waals surface area contributed by atoms with E-state index in [1.54, 1.807) is 18.2 Å². The van der Waals surface area contributed by atoms with Crippen molar-refractivity contribution in [2.75, 3.05) is 4.72 Å². The molecule has 0 radical (unpaired) electrons. The van der Waals surface area contributed by atoms with Crippen LogP contribution in [0.5, 0.6) is 5.75 Å². The number of nitriles is 1. The fourth-order valence-corrected chi connectivity index (χ4v) is 5.42. The Bertz CT molecular complexity index is 909. The van der Waals surface area contributed by atoms with Gasteiger partial charge in [-0.1, -0.05) is 57.5 Å². The van der Waals surface area contributed by atoms with Crippen LogP contribution in [0.15, 0.2) is 48.5 Å². The van der Waals surface area contributed by atoms with Gasteiger partial charge in [0.2, 0.25) is 0 Å². The third-order valence-corrected chi connectivity index (χ3v) is 6.26. The molecule has 2 aromatic carbocycles. The van der Waals surface area contributed by atoms with Gasteiger partial charge in [-0.2, -0.15) is 5.26 Å². The van der Waals surface area contributed by atoms with Gasteiger partial charge in [0.05, 0.1) is 16.7 Å². The SMILES string of the molecule is CC1(C)[C@H](Oc2ccc(C#N)c(Cl)c2)C(C)(C)[C@H]1OS(=O)Nc1ccccc1. The quantitative estimate of drug-likeness (QED) is 0.708. The molecule has 0 amide bonds. The van der Waals surface area contributed by atoms with Crippen molar-refractivity contribution in [1.82, 2.24) is 0 Å². The lowest BCUT2D eigenvalue weighted by Gasteiger charge is -2.61. The first-order valence-electron chi connectivity index (χ1n) is 8.93. The molecular weight excluding hydrogens is 396 g/mol. The number of ether oxygens (including phenoxy) is 1. The second kappa shape index (κ2) is 7.75. The fraction of sp³-hybridized carbons (Fsp3) is 0.381. The Kier molecular flexibility index (Phi) is 5.72. The zero-order chi connectivity index (χ0) is 20.5. The predicted molar refractivity (Wildman–Crippen MR) is 111 cm³/mol. The fourth-order valence-electron chi connectivity index (χ4n) is 4.16. The summed E-state index contributed by atoms with van der Waals surface area (Å²) in [5.41, 5.74) is 0.385. The van der Waals surface area contributed by atoms with Crippen LogP contribution in [0.2, 0.25) is 5.02 Å². The summed E-state index contributed by atoms with van der Waals surface area (Å²) in [6.07, 6.45) is -0.460. The van der Waals surface area contributed by atoms with E-state index < -0.39 is 11.3 Å². The highest BCUT2D eigenvalue weighted by atomic mass is 35.5. The van der Waals surface area contributed by atoms with Crippen molar-refractivity contribution < 1.29 is 13.1 Å². The number of benzene rings is 2. The molecule has 2 aromatic rings. The number of para-hydroxylation sites is 1. The summed E-state index contributed by atoms with van der Waals surface area (Å²) in [4.78, 5) is 0. The molecule has 5 nitrogen and oxygen atoms in total. The second-order valence-electron chi connectivity index (χ2n) is 8.07. The normalized spacial score (nSPS) is 23.1. The third kappa shape index (κ3) is 3.88. The average Bonchev–Trinajstić information content (AvgIpc) is 2.65. The van der Waals surface area contributed by atoms with Crippen LogP contribution in [0.25, 0.3) is 0 Å². The number of hydrogen-bond donors (Lipinski definition) is 1. The highest BCUT2D eigenvalue weighted by Crippen LogP contribution is 2.57. The molecule has 0 spiro atoms. The lowest BCUT2D eigenvalue weighted by atomic mass is 9.51. The summed E-state index contributed by atoms with van der Waals surface area (Å²) in [5.74, 6) is 0.595. The summed E-state index contributed by atoms with van der Waals surface area (Å²) >= 11 is 4.44. The van der Waals surface area contributed by atoms with E-state index in [0.29, 0.717) is 16.3 Å². The van der Waals surface area contributed by atoms with Crippen molar-refractivity contribution in [2.24, 2.45) is 10.8 Å². The van der Waals surface area contributed by atoms with Gasteiger partial charge >= 0.3 is 0 Å². The third-order valence-electron chi connectivity index (χ3n) is 5.18. The highest BCUT2D eigenvalue weighted by molar-refractivity contribution is 7.81. The molecule has 0 heterocycles. The molecule has 1 unspecified atom stereocenters. The minimum Gasteiger partial charge on any atom is -0.489 e. The monoisotopic (exact) mass is 418 g/mol. The molecule has 7 heteroatoms. The van der Waals surface area contributed by atoms with E-state index in [0.717, 1.165) is 5.69 Å². The van der Waals surface area contributed by atoms with Crippen molar-refractivity contribution in [1.29, 1.82) is 5.26 Å². The Morgan fingerprint density at radius 3 is 2.29 bits per heavy atom. The number of nitrogens with one attached hydrogen (secondary N) is 1. The van der Waals surface area contributed by atoms with E-state index in [9.17, 15) is 4.21 Å². The number of halogens is 1. The van der Waals surface area contributed by atoms with Gasteiger partial charge in [-0.25, -0.2) is 4.21 Å². The molecule has 0 saturated heterocycles. The topological polar surface area (TPSA) is 71.3 Å². The first kappa shape index (κ1) is 20.7. The number of hydrogen-bond acceptors (Lipinski definition) is 4. The van der Waals surface area contributed by atoms with Crippen LogP contribution >= 0.6 is 11.6 Å². The van der Waals surface area contributed by atoms with E-state index in [-0.39, 0.29) is 23.0 Å². The summed E-state index contributed by atoms with van der Waals surface area (Å²) in [7, 11) is 0. The maximum atomic E-state index is 12.5. The second-order valence-corrected chi connectivity index (χ2v) is 9.35. The van der Waals surface area contributed by atoms with Crippen LogP contribution in [0.4, 0.5) is 5.69 Å². The Morgan fingerprint density at radius 2 is 1.71 bits per heavy atom. The first-order valence-corrected chi connectivity index (χ1v) is 10.4. The van der Waals surface area contributed by atoms with Gasteiger partial charge in [0.25, 0.3) is 11.3 Å². The Hall–Kier alpha value is -2.07. The summed E-state index contributed by atoms with van der Waals surface area (Å²) in [6, 6.07) is 16.3. The average molecular weight is 419 g/mol. The van der Waals surface area contributed by atoms with Crippen molar-refractivity contribution in [2.45, 2.75) is 39.9 Å². The molecule has 3 rings (SSSR count). The Balaban J connectivity index is 1.70. The molecule has 0 aliphatic heterocycles. The molecule has 148 valence electrons. The largest absolute Gasteiger partial charge is 0.489 e. The van der Waals surface area contributed by atoms with Gasteiger partial charge in [0.15, 0.2) is 0 Å². The van der Waals surface area contributed by atoms with Crippen LogP contribution in [-0.4, -0.2) is 16.4 Å². The predicted octanol–water partition coefficient (Wildman–Crippen LogP) is 5.10. The Labute approximate surface area is 173 Å². The number of anilines is 1. The first-order chi connectivity index (χ1) is 13.2. The minimum atomic E-state index is -1.68. The van der Waals surface area contributed by atoms with Crippen LogP contribution < -0.4 is 9.46 Å². The van der Waals surface area contributed by atoms with Crippen molar-refractivity contribution in [3.8, 4) is 11.8 Å². The molecule has 0 bridgehead atoms. The zero-order valence-corrected chi connectivity index (χ0v) is 17.8. The van der Waals surface area contributed by atoms with E-state index in [1.165, 1.54) is 0 Å². The van der Waals surface area contributed by atoms with Gasteiger partial charge in [0, 0.05) is 22.6 Å². The van der Waals surface area contributed by atoms with Crippen LogP contribution in [0, 0.1) is 22.2 Å². The molecule has 1 aliphatic carbocycles. The van der Waals surface area contributed by atoms with E-state index >= 15 is 0 Å². The number of nitrogens with zero attached hydrogens (tertiary/aromatic N) is 1. The van der Waals surface area contributed by atoms with Gasteiger partial charge in [-0.05, 0) is 24.3 Å². The van der Waals surface area contributed by atoms with Crippen molar-refractivity contribution in [3.05, 3.63) is 59.1 Å². The number of rotatable bonds is 6. The molecule has 0 aromatic heterocycles. The summed E-state index contributed by atoms with van der Waals surface area (Å²) in [5, 5.41) is 9.37. The van der Waals surface area contributed by atoms with E-state index in [1.807, 2.05) is 64.1 Å². The lowest BCUT2D eigenvalue weighted by Crippen LogP contribution is -2.70. The lowest BCUT2D eigenvalue weighted by molar-refractivity contribution is -0.221. The molecule has 1 N–H and O–H groups in total. The standard InChI is InChI=1S/C21H23ClN2O3S/c1-20(2)18(26-16-11-10-14(13-23)17(22)12-16)21(3,4)19(20)27-28(25)24-15-8-6-5-7-9-15/h5-12,18-19,24H,1-4H3/t18-,19-,28?. The smallest absolute Gasteiger partial charge is 0.262 e.